The van der Waals surface area contributed by atoms with Crippen molar-refractivity contribution in [3.05, 3.63) is 59.8 Å². The van der Waals surface area contributed by atoms with Crippen LogP contribution in [0.25, 0.3) is 17.1 Å². The summed E-state index contributed by atoms with van der Waals surface area (Å²) in [5, 5.41) is 2.07. The first-order valence-electron chi connectivity index (χ1n) is 8.88. The lowest BCUT2D eigenvalue weighted by atomic mass is 10.2. The van der Waals surface area contributed by atoms with Gasteiger partial charge in [-0.2, -0.15) is 4.31 Å². The van der Waals surface area contributed by atoms with Crippen LogP contribution in [0.15, 0.2) is 54.2 Å². The number of nitrogens with zero attached hydrogens (tertiary/aromatic N) is 5. The van der Waals surface area contributed by atoms with Crippen LogP contribution in [0.3, 0.4) is 0 Å². The number of benzene rings is 1. The molecule has 1 aliphatic rings. The second kappa shape index (κ2) is 7.53. The van der Waals surface area contributed by atoms with E-state index in [0.717, 1.165) is 16.8 Å². The molecule has 0 unspecified atom stereocenters. The Hall–Kier alpha value is -3.04. The van der Waals surface area contributed by atoms with E-state index >= 15 is 0 Å². The summed E-state index contributed by atoms with van der Waals surface area (Å²) >= 11 is 0. The van der Waals surface area contributed by atoms with Crippen molar-refractivity contribution in [2.45, 2.75) is 0 Å². The number of fused-ring (bicyclic) bond motifs is 1. The van der Waals surface area contributed by atoms with Gasteiger partial charge in [0.25, 0.3) is 0 Å². The topological polar surface area (TPSA) is 105 Å². The Kier molecular flexibility index (Phi) is 4.93. The van der Waals surface area contributed by atoms with Gasteiger partial charge >= 0.3 is 0 Å². The molecule has 0 spiro atoms. The van der Waals surface area contributed by atoms with Crippen LogP contribution in [-0.4, -0.2) is 53.9 Å². The summed E-state index contributed by atoms with van der Waals surface area (Å²) in [6, 6.07) is 12.9. The Bertz CT molecular complexity index is 1110. The first-order valence-corrected chi connectivity index (χ1v) is 10.4. The van der Waals surface area contributed by atoms with Gasteiger partial charge in [-0.25, -0.2) is 23.4 Å². The largest absolute Gasteiger partial charge is 0.384 e. The zero-order chi connectivity index (χ0) is 19.6. The Morgan fingerprint density at radius 3 is 2.46 bits per heavy atom. The Balaban J connectivity index is 1.48. The van der Waals surface area contributed by atoms with Gasteiger partial charge in [-0.3, -0.25) is 0 Å². The summed E-state index contributed by atoms with van der Waals surface area (Å²) in [6.07, 6.45) is 3.07. The number of aromatic nitrogens is 3. The number of pyridine rings is 1. The van der Waals surface area contributed by atoms with Crippen LogP contribution in [0.5, 0.6) is 0 Å². The van der Waals surface area contributed by atoms with E-state index < -0.39 is 10.0 Å². The smallest absolute Gasteiger partial charge is 0.236 e. The highest BCUT2D eigenvalue weighted by atomic mass is 32.2. The SMILES string of the molecule is Nc1ccc2c(N3CCN(S(=O)(=O)/C=C/c4ccccc4)CC3)ncnc2n1. The number of sulfonamides is 1. The molecule has 144 valence electrons. The molecule has 3 aromatic rings. The van der Waals surface area contributed by atoms with Crippen molar-refractivity contribution in [1.82, 2.24) is 19.3 Å². The van der Waals surface area contributed by atoms with E-state index in [1.807, 2.05) is 36.4 Å². The maximum absolute atomic E-state index is 12.6. The quantitative estimate of drug-likeness (QED) is 0.716. The van der Waals surface area contributed by atoms with Gasteiger partial charge in [-0.1, -0.05) is 30.3 Å². The number of hydrogen-bond acceptors (Lipinski definition) is 7. The number of hydrogen-bond donors (Lipinski definition) is 1. The van der Waals surface area contributed by atoms with Gasteiger partial charge in [0.1, 0.15) is 18.0 Å². The van der Waals surface area contributed by atoms with Gasteiger partial charge in [-0.15, -0.1) is 0 Å². The third-order valence-corrected chi connectivity index (χ3v) is 6.19. The van der Waals surface area contributed by atoms with Crippen molar-refractivity contribution in [3.8, 4) is 0 Å². The summed E-state index contributed by atoms with van der Waals surface area (Å²) in [4.78, 5) is 14.8. The molecule has 8 nitrogen and oxygen atoms in total. The molecular formula is C19H20N6O2S. The Morgan fingerprint density at radius 2 is 1.71 bits per heavy atom. The molecule has 0 amide bonds. The molecule has 1 fully saturated rings. The van der Waals surface area contributed by atoms with E-state index in [4.69, 9.17) is 5.73 Å². The minimum Gasteiger partial charge on any atom is -0.384 e. The molecule has 1 saturated heterocycles. The molecule has 2 aromatic heterocycles. The molecule has 0 radical (unpaired) electrons. The summed E-state index contributed by atoms with van der Waals surface area (Å²) in [6.45, 7) is 1.84. The normalized spacial score (nSPS) is 16.1. The molecule has 1 aromatic carbocycles. The van der Waals surface area contributed by atoms with Crippen molar-refractivity contribution < 1.29 is 8.42 Å². The molecule has 9 heteroatoms. The Labute approximate surface area is 163 Å². The van der Waals surface area contributed by atoms with E-state index in [0.29, 0.717) is 37.6 Å². The average Bonchev–Trinajstić information content (AvgIpc) is 2.72. The van der Waals surface area contributed by atoms with Gasteiger partial charge in [0, 0.05) is 31.6 Å². The highest BCUT2D eigenvalue weighted by molar-refractivity contribution is 7.92. The number of anilines is 2. The number of piperazine rings is 1. The fraction of sp³-hybridized carbons (Fsp3) is 0.211. The highest BCUT2D eigenvalue weighted by Gasteiger charge is 2.26. The van der Waals surface area contributed by atoms with Crippen LogP contribution in [0.4, 0.5) is 11.6 Å². The van der Waals surface area contributed by atoms with Crippen LogP contribution in [0, 0.1) is 0 Å². The molecule has 0 atom stereocenters. The summed E-state index contributed by atoms with van der Waals surface area (Å²) in [5.41, 5.74) is 7.11. The molecule has 0 saturated carbocycles. The predicted molar refractivity (Wildman–Crippen MR) is 110 cm³/mol. The van der Waals surface area contributed by atoms with Gasteiger partial charge < -0.3 is 10.6 Å². The van der Waals surface area contributed by atoms with Crippen LogP contribution in [0.2, 0.25) is 0 Å². The first-order chi connectivity index (χ1) is 13.5. The van der Waals surface area contributed by atoms with E-state index in [-0.39, 0.29) is 0 Å². The maximum atomic E-state index is 12.6. The van der Waals surface area contributed by atoms with Crippen LogP contribution >= 0.6 is 0 Å². The third-order valence-electron chi connectivity index (χ3n) is 4.63. The standard InChI is InChI=1S/C19H20N6O2S/c20-17-7-6-16-18(23-17)21-14-22-19(16)24-9-11-25(12-10-24)28(26,27)13-8-15-4-2-1-3-5-15/h1-8,13-14H,9-12H2,(H2,20,21,22,23)/b13-8+. The molecule has 28 heavy (non-hydrogen) atoms. The maximum Gasteiger partial charge on any atom is 0.236 e. The summed E-state index contributed by atoms with van der Waals surface area (Å²) < 4.78 is 26.7. The molecule has 0 bridgehead atoms. The zero-order valence-electron chi connectivity index (χ0n) is 15.1. The van der Waals surface area contributed by atoms with Gasteiger partial charge in [0.2, 0.25) is 10.0 Å². The van der Waals surface area contributed by atoms with Crippen molar-refractivity contribution in [3.63, 3.8) is 0 Å². The first kappa shape index (κ1) is 18.3. The fourth-order valence-corrected chi connectivity index (χ4v) is 4.34. The summed E-state index contributed by atoms with van der Waals surface area (Å²) in [7, 11) is -3.47. The highest BCUT2D eigenvalue weighted by Crippen LogP contribution is 2.24. The lowest BCUT2D eigenvalue weighted by Gasteiger charge is -2.34. The van der Waals surface area contributed by atoms with Crippen LogP contribution in [0.1, 0.15) is 5.56 Å². The van der Waals surface area contributed by atoms with E-state index in [1.165, 1.54) is 16.0 Å². The minimum atomic E-state index is -3.47. The lowest BCUT2D eigenvalue weighted by molar-refractivity contribution is 0.389. The molecule has 4 rings (SSSR count). The molecule has 2 N–H and O–H groups in total. The van der Waals surface area contributed by atoms with Crippen LogP contribution < -0.4 is 10.6 Å². The van der Waals surface area contributed by atoms with E-state index in [2.05, 4.69) is 19.9 Å². The van der Waals surface area contributed by atoms with Gasteiger partial charge in [0.05, 0.1) is 5.39 Å². The van der Waals surface area contributed by atoms with E-state index in [1.54, 1.807) is 12.1 Å². The summed E-state index contributed by atoms with van der Waals surface area (Å²) in [5.74, 6) is 1.15. The number of nitrogens with two attached hydrogens (primary N) is 1. The number of nitrogen functional groups attached to an aromatic ring is 1. The van der Waals surface area contributed by atoms with Gasteiger partial charge in [0.15, 0.2) is 5.65 Å². The Morgan fingerprint density at radius 1 is 0.964 bits per heavy atom. The molecular weight excluding hydrogens is 376 g/mol. The van der Waals surface area contributed by atoms with E-state index in [9.17, 15) is 8.42 Å². The monoisotopic (exact) mass is 396 g/mol. The van der Waals surface area contributed by atoms with Gasteiger partial charge in [-0.05, 0) is 23.8 Å². The van der Waals surface area contributed by atoms with Crippen molar-refractivity contribution in [1.29, 1.82) is 0 Å². The van der Waals surface area contributed by atoms with Crippen molar-refractivity contribution in [2.75, 3.05) is 36.8 Å². The predicted octanol–water partition coefficient (Wildman–Crippen LogP) is 1.73. The molecule has 1 aliphatic heterocycles. The third kappa shape index (κ3) is 3.80. The number of rotatable bonds is 4. The minimum absolute atomic E-state index is 0.384. The lowest BCUT2D eigenvalue weighted by Crippen LogP contribution is -2.48. The second-order valence-electron chi connectivity index (χ2n) is 6.45. The molecule has 0 aliphatic carbocycles. The van der Waals surface area contributed by atoms with Crippen molar-refractivity contribution >= 4 is 38.8 Å². The van der Waals surface area contributed by atoms with Crippen molar-refractivity contribution in [2.24, 2.45) is 0 Å². The van der Waals surface area contributed by atoms with Crippen LogP contribution in [-0.2, 0) is 10.0 Å². The average molecular weight is 396 g/mol. The molecule has 3 heterocycles. The second-order valence-corrected chi connectivity index (χ2v) is 8.27. The zero-order valence-corrected chi connectivity index (χ0v) is 16.0. The fourth-order valence-electron chi connectivity index (χ4n) is 3.16.